The van der Waals surface area contributed by atoms with E-state index < -0.39 is 0 Å². The molecule has 3 aromatic rings. The summed E-state index contributed by atoms with van der Waals surface area (Å²) in [6.07, 6.45) is 0. The van der Waals surface area contributed by atoms with Gasteiger partial charge in [-0.05, 0) is 68.3 Å². The summed E-state index contributed by atoms with van der Waals surface area (Å²) < 4.78 is 16.8. The quantitative estimate of drug-likeness (QED) is 0.634. The molecule has 2 heterocycles. The van der Waals surface area contributed by atoms with Gasteiger partial charge in [0.25, 0.3) is 0 Å². The highest BCUT2D eigenvalue weighted by molar-refractivity contribution is 5.55. The molecule has 0 spiro atoms. The minimum absolute atomic E-state index is 0.229. The first kappa shape index (κ1) is 21.4. The second-order valence-corrected chi connectivity index (χ2v) is 9.36. The van der Waals surface area contributed by atoms with Gasteiger partial charge in [0.05, 0.1) is 5.54 Å². The number of halogens is 1. The fraction of sp³-hybridized carbons (Fsp3) is 0.458. The third-order valence-corrected chi connectivity index (χ3v) is 5.96. The van der Waals surface area contributed by atoms with Crippen molar-refractivity contribution in [2.45, 2.75) is 46.2 Å². The normalized spacial score (nSPS) is 16.5. The minimum atomic E-state index is -0.337. The van der Waals surface area contributed by atoms with E-state index in [1.165, 1.54) is 22.9 Å². The summed E-state index contributed by atoms with van der Waals surface area (Å²) in [6, 6.07) is 13.2. The number of tetrazole rings is 1. The summed E-state index contributed by atoms with van der Waals surface area (Å²) >= 11 is 0. The molecular weight excluding hydrogens is 391 g/mol. The van der Waals surface area contributed by atoms with E-state index in [-0.39, 0.29) is 17.4 Å². The van der Waals surface area contributed by atoms with Crippen LogP contribution in [0.5, 0.6) is 0 Å². The number of hydrogen-bond acceptors (Lipinski definition) is 5. The van der Waals surface area contributed by atoms with Crippen molar-refractivity contribution in [3.8, 4) is 0 Å². The van der Waals surface area contributed by atoms with Crippen LogP contribution in [-0.4, -0.2) is 51.3 Å². The number of aryl methyl sites for hydroxylation is 2. The topological polar surface area (TPSA) is 50.1 Å². The van der Waals surface area contributed by atoms with Crippen LogP contribution in [0.25, 0.3) is 0 Å². The Bertz CT molecular complexity index is 1050. The van der Waals surface area contributed by atoms with Crippen LogP contribution in [0.1, 0.15) is 49.3 Å². The van der Waals surface area contributed by atoms with Crippen LogP contribution in [0.2, 0.25) is 0 Å². The van der Waals surface area contributed by atoms with Gasteiger partial charge in [-0.2, -0.15) is 0 Å². The van der Waals surface area contributed by atoms with Crippen LogP contribution in [0, 0.1) is 19.7 Å². The lowest BCUT2D eigenvalue weighted by Gasteiger charge is -2.41. The lowest BCUT2D eigenvalue weighted by molar-refractivity contribution is 0.188. The number of nitrogens with zero attached hydrogens (tertiary/aromatic N) is 6. The highest BCUT2D eigenvalue weighted by Crippen LogP contribution is 2.33. The van der Waals surface area contributed by atoms with Crippen molar-refractivity contribution in [1.29, 1.82) is 0 Å². The molecule has 1 saturated heterocycles. The van der Waals surface area contributed by atoms with Crippen LogP contribution in [0.3, 0.4) is 0 Å². The number of rotatable bonds is 4. The highest BCUT2D eigenvalue weighted by atomic mass is 19.1. The molecule has 0 aliphatic carbocycles. The van der Waals surface area contributed by atoms with Crippen LogP contribution < -0.4 is 4.90 Å². The first-order valence-electron chi connectivity index (χ1n) is 10.8. The van der Waals surface area contributed by atoms with Crippen molar-refractivity contribution in [2.75, 3.05) is 31.1 Å². The van der Waals surface area contributed by atoms with Crippen LogP contribution in [0.15, 0.2) is 42.5 Å². The molecule has 1 aliphatic heterocycles. The van der Waals surface area contributed by atoms with Gasteiger partial charge in [-0.1, -0.05) is 30.3 Å². The molecule has 7 heteroatoms. The van der Waals surface area contributed by atoms with Crippen molar-refractivity contribution >= 4 is 5.69 Å². The van der Waals surface area contributed by atoms with E-state index in [1.807, 2.05) is 16.8 Å². The molecule has 0 N–H and O–H groups in total. The van der Waals surface area contributed by atoms with Crippen LogP contribution >= 0.6 is 0 Å². The molecule has 0 radical (unpaired) electrons. The Balaban J connectivity index is 1.66. The lowest BCUT2D eigenvalue weighted by atomic mass is 10.0. The largest absolute Gasteiger partial charge is 0.369 e. The van der Waals surface area contributed by atoms with E-state index in [0.29, 0.717) is 11.4 Å². The molecule has 0 amide bonds. The maximum atomic E-state index is 14.9. The molecular formula is C24H31FN6. The molecule has 1 fully saturated rings. The van der Waals surface area contributed by atoms with E-state index in [2.05, 4.69) is 78.1 Å². The maximum absolute atomic E-state index is 14.9. The predicted octanol–water partition coefficient (Wildman–Crippen LogP) is 4.10. The molecule has 6 nitrogen and oxygen atoms in total. The molecule has 31 heavy (non-hydrogen) atoms. The second kappa shape index (κ2) is 8.38. The molecule has 0 bridgehead atoms. The van der Waals surface area contributed by atoms with E-state index in [4.69, 9.17) is 0 Å². The van der Waals surface area contributed by atoms with Crippen LogP contribution in [0.4, 0.5) is 10.1 Å². The molecule has 0 saturated carbocycles. The van der Waals surface area contributed by atoms with Gasteiger partial charge in [0.1, 0.15) is 11.9 Å². The Morgan fingerprint density at radius 3 is 2.35 bits per heavy atom. The first-order chi connectivity index (χ1) is 14.8. The summed E-state index contributed by atoms with van der Waals surface area (Å²) in [6.45, 7) is 13.8. The summed E-state index contributed by atoms with van der Waals surface area (Å²) in [7, 11) is 0. The Morgan fingerprint density at radius 2 is 1.68 bits per heavy atom. The first-order valence-corrected chi connectivity index (χ1v) is 10.8. The van der Waals surface area contributed by atoms with Gasteiger partial charge in [0, 0.05) is 37.4 Å². The van der Waals surface area contributed by atoms with E-state index in [1.54, 1.807) is 6.07 Å². The number of aromatic nitrogens is 4. The number of benzene rings is 2. The zero-order valence-electron chi connectivity index (χ0n) is 19.0. The molecule has 4 rings (SSSR count). The van der Waals surface area contributed by atoms with Gasteiger partial charge in [-0.3, -0.25) is 4.90 Å². The molecule has 1 aromatic heterocycles. The summed E-state index contributed by atoms with van der Waals surface area (Å²) in [5.74, 6) is 0.450. The number of hydrogen-bond donors (Lipinski definition) is 0. The predicted molar refractivity (Wildman–Crippen MR) is 121 cm³/mol. The van der Waals surface area contributed by atoms with Gasteiger partial charge in [0.2, 0.25) is 0 Å². The zero-order valence-corrected chi connectivity index (χ0v) is 19.0. The van der Waals surface area contributed by atoms with E-state index >= 15 is 0 Å². The Morgan fingerprint density at radius 1 is 0.968 bits per heavy atom. The van der Waals surface area contributed by atoms with E-state index in [9.17, 15) is 4.39 Å². The summed E-state index contributed by atoms with van der Waals surface area (Å²) in [5.41, 5.74) is 4.13. The molecule has 164 valence electrons. The van der Waals surface area contributed by atoms with Crippen molar-refractivity contribution < 1.29 is 4.39 Å². The number of piperazine rings is 1. The standard InChI is InChI=1S/C24H31FN6/c1-17-10-11-18(2)21(16-17)29-12-14-30(15-13-29)22(19-8-6-7-9-20(19)25)23-26-27-28-31(23)24(3,4)5/h6-11,16,22H,12-15H2,1-5H3. The van der Waals surface area contributed by atoms with Crippen molar-refractivity contribution in [3.63, 3.8) is 0 Å². The second-order valence-electron chi connectivity index (χ2n) is 9.36. The summed E-state index contributed by atoms with van der Waals surface area (Å²) in [5, 5.41) is 12.5. The Kier molecular flexibility index (Phi) is 5.79. The van der Waals surface area contributed by atoms with Crippen molar-refractivity contribution in [3.05, 3.63) is 70.8 Å². The fourth-order valence-corrected chi connectivity index (χ4v) is 4.32. The van der Waals surface area contributed by atoms with Gasteiger partial charge >= 0.3 is 0 Å². The number of anilines is 1. The van der Waals surface area contributed by atoms with Gasteiger partial charge < -0.3 is 4.90 Å². The molecule has 1 atom stereocenters. The molecule has 1 aliphatic rings. The maximum Gasteiger partial charge on any atom is 0.173 e. The highest BCUT2D eigenvalue weighted by Gasteiger charge is 2.34. The molecule has 1 unspecified atom stereocenters. The van der Waals surface area contributed by atoms with Crippen molar-refractivity contribution in [1.82, 2.24) is 25.1 Å². The monoisotopic (exact) mass is 422 g/mol. The van der Waals surface area contributed by atoms with Crippen molar-refractivity contribution in [2.24, 2.45) is 0 Å². The molecule has 2 aromatic carbocycles. The Labute approximate surface area is 183 Å². The minimum Gasteiger partial charge on any atom is -0.369 e. The van der Waals surface area contributed by atoms with Gasteiger partial charge in [-0.25, -0.2) is 9.07 Å². The third-order valence-electron chi connectivity index (χ3n) is 5.96. The smallest absolute Gasteiger partial charge is 0.173 e. The zero-order chi connectivity index (χ0) is 22.2. The third kappa shape index (κ3) is 4.32. The summed E-state index contributed by atoms with van der Waals surface area (Å²) in [4.78, 5) is 4.72. The Hall–Kier alpha value is -2.80. The van der Waals surface area contributed by atoms with E-state index in [0.717, 1.165) is 26.2 Å². The van der Waals surface area contributed by atoms with Gasteiger partial charge in [0.15, 0.2) is 5.82 Å². The van der Waals surface area contributed by atoms with Crippen LogP contribution in [-0.2, 0) is 5.54 Å². The average molecular weight is 423 g/mol. The fourth-order valence-electron chi connectivity index (χ4n) is 4.32. The lowest BCUT2D eigenvalue weighted by Crippen LogP contribution is -2.49. The average Bonchev–Trinajstić information content (AvgIpc) is 3.22. The SMILES string of the molecule is Cc1ccc(C)c(N2CCN(C(c3ccccc3F)c3nnnn3C(C)(C)C)CC2)c1. The van der Waals surface area contributed by atoms with Gasteiger partial charge in [-0.15, -0.1) is 5.10 Å².